The van der Waals surface area contributed by atoms with Gasteiger partial charge in [0.25, 0.3) is 5.96 Å². The third-order valence-electron chi connectivity index (χ3n) is 9.48. The maximum absolute atomic E-state index is 13.8. The van der Waals surface area contributed by atoms with Crippen LogP contribution in [0.25, 0.3) is 6.08 Å². The largest absolute Gasteiger partial charge is 0.481 e. The number of rotatable bonds is 13. The van der Waals surface area contributed by atoms with Crippen molar-refractivity contribution in [3.63, 3.8) is 0 Å². The quantitative estimate of drug-likeness (QED) is 0.0400. The van der Waals surface area contributed by atoms with Crippen molar-refractivity contribution in [3.05, 3.63) is 50.5 Å². The van der Waals surface area contributed by atoms with Crippen LogP contribution in [0, 0.1) is 38.7 Å². The number of hydrazine groups is 1. The number of nitrogens with zero attached hydrogens (tertiary/aromatic N) is 1. The summed E-state index contributed by atoms with van der Waals surface area (Å²) in [4.78, 5) is 37.3. The topological polar surface area (TPSA) is 168 Å². The van der Waals surface area contributed by atoms with E-state index in [4.69, 9.17) is 14.7 Å². The zero-order chi connectivity index (χ0) is 32.2. The SMILES string of the molecule is CC(C)C[C@H](NC(=O)[C@H](CCCNC(=N)N[N+](=O)[O-])NC(=O)/C=C/c1ccccc1Br)B1O[C@@H]2C[C@@H]3C[C@@H](C3(C)C)[C@]2(C)O1. The molecule has 4 aliphatic rings. The van der Waals surface area contributed by atoms with E-state index in [1.807, 2.05) is 24.3 Å². The van der Waals surface area contributed by atoms with E-state index in [0.717, 1.165) is 22.9 Å². The predicted molar refractivity (Wildman–Crippen MR) is 172 cm³/mol. The number of hydrogen-bond acceptors (Lipinski definition) is 7. The fourth-order valence-corrected chi connectivity index (χ4v) is 7.43. The summed E-state index contributed by atoms with van der Waals surface area (Å²) in [5.41, 5.74) is 2.33. The molecule has 0 radical (unpaired) electrons. The summed E-state index contributed by atoms with van der Waals surface area (Å²) in [6, 6.07) is 6.57. The summed E-state index contributed by atoms with van der Waals surface area (Å²) in [5, 5.41) is 25.9. The van der Waals surface area contributed by atoms with E-state index in [-0.39, 0.29) is 36.3 Å². The first kappa shape index (κ1) is 33.9. The molecule has 0 unspecified atom stereocenters. The predicted octanol–water partition coefficient (Wildman–Crippen LogP) is 3.83. The molecule has 1 aromatic rings. The highest BCUT2D eigenvalue weighted by Gasteiger charge is 2.68. The lowest BCUT2D eigenvalue weighted by Crippen LogP contribution is -2.65. The number of nitro groups is 1. The Morgan fingerprint density at radius 3 is 2.61 bits per heavy atom. The molecule has 44 heavy (non-hydrogen) atoms. The summed E-state index contributed by atoms with van der Waals surface area (Å²) >= 11 is 3.46. The van der Waals surface area contributed by atoms with Gasteiger partial charge in [-0.05, 0) is 79.9 Å². The number of guanidine groups is 1. The number of carbonyl (C=O) groups is 2. The van der Waals surface area contributed by atoms with E-state index >= 15 is 0 Å². The maximum atomic E-state index is 13.8. The van der Waals surface area contributed by atoms with Gasteiger partial charge in [0, 0.05) is 17.1 Å². The Bertz CT molecular complexity index is 1280. The van der Waals surface area contributed by atoms with Crippen LogP contribution in [0.4, 0.5) is 0 Å². The van der Waals surface area contributed by atoms with Crippen molar-refractivity contribution in [1.82, 2.24) is 21.4 Å². The second kappa shape index (κ2) is 14.0. The summed E-state index contributed by atoms with van der Waals surface area (Å²) in [6.07, 6.45) is 6.31. The molecule has 1 aromatic carbocycles. The summed E-state index contributed by atoms with van der Waals surface area (Å²) in [5.74, 6) is -0.447. The minimum Gasteiger partial charge on any atom is -0.404 e. The molecule has 12 nitrogen and oxygen atoms in total. The van der Waals surface area contributed by atoms with E-state index < -0.39 is 41.6 Å². The molecule has 2 bridgehead atoms. The fourth-order valence-electron chi connectivity index (χ4n) is 7.02. The zero-order valence-electron chi connectivity index (χ0n) is 26.0. The monoisotopic (exact) mass is 674 g/mol. The normalized spacial score (nSPS) is 26.3. The molecule has 1 heterocycles. The summed E-state index contributed by atoms with van der Waals surface area (Å²) < 4.78 is 14.0. The van der Waals surface area contributed by atoms with Gasteiger partial charge in [0.15, 0.2) is 5.03 Å². The molecular formula is C30H44BBrN6O6. The van der Waals surface area contributed by atoms with E-state index in [9.17, 15) is 19.7 Å². The Morgan fingerprint density at radius 2 is 1.95 bits per heavy atom. The van der Waals surface area contributed by atoms with Gasteiger partial charge in [-0.2, -0.15) is 0 Å². The first-order valence-electron chi connectivity index (χ1n) is 15.3. The Kier molecular flexibility index (Phi) is 10.8. The Labute approximate surface area is 267 Å². The van der Waals surface area contributed by atoms with Crippen LogP contribution in [0.15, 0.2) is 34.8 Å². The van der Waals surface area contributed by atoms with E-state index in [2.05, 4.69) is 66.5 Å². The van der Waals surface area contributed by atoms with Crippen molar-refractivity contribution >= 4 is 46.9 Å². The molecule has 5 N–H and O–H groups in total. The Hall–Kier alpha value is -2.97. The fraction of sp³-hybridized carbons (Fsp3) is 0.633. The van der Waals surface area contributed by atoms with Crippen molar-refractivity contribution < 1.29 is 23.9 Å². The second-order valence-electron chi connectivity index (χ2n) is 13.3. The lowest BCUT2D eigenvalue weighted by atomic mass is 9.43. The van der Waals surface area contributed by atoms with Crippen LogP contribution in [0.2, 0.25) is 0 Å². The summed E-state index contributed by atoms with van der Waals surface area (Å²) in [6.45, 7) is 11.1. The van der Waals surface area contributed by atoms with Gasteiger partial charge in [-0.15, -0.1) is 0 Å². The molecule has 4 fully saturated rings. The lowest BCUT2D eigenvalue weighted by molar-refractivity contribution is -0.525. The number of nitrogens with one attached hydrogen (secondary N) is 5. The third kappa shape index (κ3) is 7.81. The molecule has 14 heteroatoms. The van der Waals surface area contributed by atoms with Crippen molar-refractivity contribution in [2.75, 3.05) is 6.54 Å². The van der Waals surface area contributed by atoms with Gasteiger partial charge in [0.1, 0.15) is 6.04 Å². The number of amides is 2. The Balaban J connectivity index is 1.44. The van der Waals surface area contributed by atoms with Crippen LogP contribution in [-0.2, 0) is 18.9 Å². The molecule has 240 valence electrons. The zero-order valence-corrected chi connectivity index (χ0v) is 27.6. The molecule has 6 atom stereocenters. The van der Waals surface area contributed by atoms with Gasteiger partial charge in [0.2, 0.25) is 11.8 Å². The van der Waals surface area contributed by atoms with Crippen LogP contribution >= 0.6 is 15.9 Å². The van der Waals surface area contributed by atoms with Gasteiger partial charge in [-0.3, -0.25) is 15.0 Å². The number of benzene rings is 1. The van der Waals surface area contributed by atoms with Crippen LogP contribution in [0.5, 0.6) is 0 Å². The molecule has 2 amide bonds. The van der Waals surface area contributed by atoms with Crippen molar-refractivity contribution in [2.45, 2.75) is 90.4 Å². The second-order valence-corrected chi connectivity index (χ2v) is 14.2. The van der Waals surface area contributed by atoms with Gasteiger partial charge in [-0.25, -0.2) is 10.1 Å². The first-order chi connectivity index (χ1) is 20.7. The van der Waals surface area contributed by atoms with Crippen LogP contribution < -0.4 is 21.4 Å². The third-order valence-corrected chi connectivity index (χ3v) is 10.2. The number of halogens is 1. The molecule has 1 aliphatic heterocycles. The van der Waals surface area contributed by atoms with Crippen LogP contribution in [-0.4, -0.2) is 60.2 Å². The highest BCUT2D eigenvalue weighted by molar-refractivity contribution is 9.10. The van der Waals surface area contributed by atoms with Gasteiger partial charge in [0.05, 0.1) is 17.6 Å². The highest BCUT2D eigenvalue weighted by Crippen LogP contribution is 2.65. The molecule has 0 spiro atoms. The highest BCUT2D eigenvalue weighted by atomic mass is 79.9. The molecule has 5 rings (SSSR count). The van der Waals surface area contributed by atoms with Crippen LogP contribution in [0.3, 0.4) is 0 Å². The van der Waals surface area contributed by atoms with Crippen LogP contribution in [0.1, 0.15) is 72.3 Å². The van der Waals surface area contributed by atoms with Crippen molar-refractivity contribution in [3.8, 4) is 0 Å². The van der Waals surface area contributed by atoms with Crippen molar-refractivity contribution in [2.24, 2.45) is 23.2 Å². The van der Waals surface area contributed by atoms with E-state index in [0.29, 0.717) is 24.7 Å². The van der Waals surface area contributed by atoms with Crippen molar-refractivity contribution in [1.29, 1.82) is 5.41 Å². The smallest absolute Gasteiger partial charge is 0.404 e. The molecule has 3 aliphatic carbocycles. The summed E-state index contributed by atoms with van der Waals surface area (Å²) in [7, 11) is -0.603. The van der Waals surface area contributed by atoms with Gasteiger partial charge < -0.3 is 25.3 Å². The maximum Gasteiger partial charge on any atom is 0.481 e. The Morgan fingerprint density at radius 1 is 1.23 bits per heavy atom. The van der Waals surface area contributed by atoms with Gasteiger partial charge >= 0.3 is 7.12 Å². The standard InChI is InChI=1S/C30H44BBrN6O6/c1-18(2)15-25(31-43-24-17-20-16-23(29(20,3)4)30(24,5)44-31)36-27(40)22(11-8-14-34-28(33)37-38(41)42)35-26(39)13-12-19-9-6-7-10-21(19)32/h6-7,9-10,12-13,18,20,22-25H,8,11,14-17H2,1-5H3,(H,35,39)(H,36,40)(H3,33,34,37)/b13-12+/t20-,22-,23-,24+,25-,30-/m0/s1. The molecule has 1 saturated heterocycles. The lowest BCUT2D eigenvalue weighted by Gasteiger charge is -2.64. The van der Waals surface area contributed by atoms with Gasteiger partial charge in [-0.1, -0.05) is 67.2 Å². The van der Waals surface area contributed by atoms with E-state index in [1.54, 1.807) is 11.5 Å². The molecule has 0 aromatic heterocycles. The first-order valence-corrected chi connectivity index (χ1v) is 16.1. The minimum atomic E-state index is -0.897. The average Bonchev–Trinajstić information content (AvgIpc) is 3.30. The number of carbonyl (C=O) groups excluding carboxylic acids is 2. The number of hydrogen-bond donors (Lipinski definition) is 5. The molecular weight excluding hydrogens is 631 g/mol. The van der Waals surface area contributed by atoms with E-state index in [1.165, 1.54) is 6.08 Å². The average molecular weight is 675 g/mol. The minimum absolute atomic E-state index is 0.0250. The molecule has 3 saturated carbocycles.